The molecule has 220 valence electrons. The van der Waals surface area contributed by atoms with Crippen molar-refractivity contribution in [2.24, 2.45) is 0 Å². The van der Waals surface area contributed by atoms with Gasteiger partial charge in [0, 0.05) is 44.8 Å². The van der Waals surface area contributed by atoms with Crippen LogP contribution in [0.15, 0.2) is 138 Å². The van der Waals surface area contributed by atoms with Crippen LogP contribution in [-0.2, 0) is 0 Å². The third-order valence-electron chi connectivity index (χ3n) is 10.2. The van der Waals surface area contributed by atoms with Gasteiger partial charge in [-0.25, -0.2) is 0 Å². The summed E-state index contributed by atoms with van der Waals surface area (Å²) in [4.78, 5) is 0. The van der Waals surface area contributed by atoms with Crippen LogP contribution in [0.4, 0.5) is 0 Å². The van der Waals surface area contributed by atoms with Crippen molar-refractivity contribution in [2.75, 3.05) is 0 Å². The minimum Gasteiger partial charge on any atom is -0.458 e. The Hall–Kier alpha value is -5.94. The number of hydrogen-bond acceptors (Lipinski definition) is 3. The largest absolute Gasteiger partial charge is 0.458 e. The molecule has 6 aromatic carbocycles. The molecular formula is C42H26BNO3. The quantitative estimate of drug-likeness (QED) is 0.185. The Balaban J connectivity index is 1.22. The first kappa shape index (κ1) is 25.3. The summed E-state index contributed by atoms with van der Waals surface area (Å²) >= 11 is 0. The van der Waals surface area contributed by atoms with Gasteiger partial charge in [-0.15, -0.1) is 0 Å². The highest BCUT2D eigenvalue weighted by Crippen LogP contribution is 2.42. The van der Waals surface area contributed by atoms with Gasteiger partial charge in [0.1, 0.15) is 34.2 Å². The lowest BCUT2D eigenvalue weighted by Crippen LogP contribution is -2.57. The van der Waals surface area contributed by atoms with Crippen LogP contribution in [0.2, 0.25) is 0 Å². The molecule has 47 heavy (non-hydrogen) atoms. The van der Waals surface area contributed by atoms with Crippen molar-refractivity contribution >= 4 is 72.5 Å². The van der Waals surface area contributed by atoms with Gasteiger partial charge in [0.05, 0.1) is 11.0 Å². The van der Waals surface area contributed by atoms with Gasteiger partial charge in [0.15, 0.2) is 0 Å². The summed E-state index contributed by atoms with van der Waals surface area (Å²) in [5.41, 5.74) is 10.9. The third kappa shape index (κ3) is 3.54. The number of allylic oxidation sites excluding steroid dienone is 4. The van der Waals surface area contributed by atoms with Gasteiger partial charge in [-0.2, -0.15) is 0 Å². The number of ether oxygens (including phenoxy) is 2. The van der Waals surface area contributed by atoms with Crippen molar-refractivity contribution in [3.05, 3.63) is 133 Å². The van der Waals surface area contributed by atoms with E-state index in [2.05, 4.69) is 120 Å². The molecule has 4 heterocycles. The average molecular weight is 603 g/mol. The van der Waals surface area contributed by atoms with E-state index in [4.69, 9.17) is 13.9 Å². The lowest BCUT2D eigenvalue weighted by molar-refractivity contribution is 0.465. The van der Waals surface area contributed by atoms with Gasteiger partial charge in [-0.05, 0) is 65.2 Å². The molecule has 4 nitrogen and oxygen atoms in total. The maximum atomic E-state index is 6.95. The molecule has 8 aromatic rings. The summed E-state index contributed by atoms with van der Waals surface area (Å²) in [5, 5.41) is 4.68. The van der Waals surface area contributed by atoms with Crippen molar-refractivity contribution in [1.29, 1.82) is 0 Å². The molecule has 0 saturated heterocycles. The Kier molecular flexibility index (Phi) is 5.00. The highest BCUT2D eigenvalue weighted by atomic mass is 16.5. The van der Waals surface area contributed by atoms with E-state index in [1.54, 1.807) is 0 Å². The number of furan rings is 1. The summed E-state index contributed by atoms with van der Waals surface area (Å²) in [6.45, 7) is -0.0706. The summed E-state index contributed by atoms with van der Waals surface area (Å²) in [7, 11) is 0. The highest BCUT2D eigenvalue weighted by Gasteiger charge is 2.41. The molecule has 0 amide bonds. The number of fused-ring (bicyclic) bond motifs is 10. The first-order chi connectivity index (χ1) is 23.3. The second-order valence-electron chi connectivity index (χ2n) is 12.8. The fourth-order valence-corrected chi connectivity index (χ4v) is 8.06. The Morgan fingerprint density at radius 1 is 0.553 bits per heavy atom. The minimum atomic E-state index is -0.0706. The van der Waals surface area contributed by atoms with Gasteiger partial charge >= 0.3 is 0 Å². The van der Waals surface area contributed by atoms with Crippen molar-refractivity contribution in [1.82, 2.24) is 4.57 Å². The van der Waals surface area contributed by atoms with Crippen LogP contribution in [0.25, 0.3) is 60.6 Å². The zero-order chi connectivity index (χ0) is 30.6. The first-order valence-electron chi connectivity index (χ1n) is 16.3. The molecule has 3 aliphatic rings. The molecule has 0 radical (unpaired) electrons. The summed E-state index contributed by atoms with van der Waals surface area (Å²) in [6, 6.07) is 40.8. The van der Waals surface area contributed by atoms with E-state index in [1.165, 1.54) is 22.0 Å². The zero-order valence-corrected chi connectivity index (χ0v) is 25.4. The lowest BCUT2D eigenvalue weighted by Gasteiger charge is -2.33. The SMILES string of the molecule is C1=CCCC(n2c3ccccc3c3cc4c(cc32)Oc2cc(-c3ccccc3)cc3c2B4c2cc4c(cc2O3)oc2ccccc24)=C1. The highest BCUT2D eigenvalue weighted by molar-refractivity contribution is 6.98. The van der Waals surface area contributed by atoms with E-state index in [0.717, 1.165) is 90.8 Å². The molecule has 0 atom stereocenters. The van der Waals surface area contributed by atoms with E-state index in [9.17, 15) is 0 Å². The van der Waals surface area contributed by atoms with Crippen molar-refractivity contribution in [3.63, 3.8) is 0 Å². The molecule has 0 N–H and O–H groups in total. The Morgan fingerprint density at radius 3 is 2.09 bits per heavy atom. The number of benzene rings is 6. The molecule has 0 unspecified atom stereocenters. The standard InChI is InChI=1S/C42H26BNO3/c1-3-11-25(12-4-1)26-19-40-42-41(20-26)47-39-24-37-31(29-16-8-10-18-36(29)45-37)22-33(39)43(42)32-21-30-28-15-7-9-17-34(28)44(27-13-5-2-6-14-27)35(30)23-38(32)46-40/h1-5,7-13,15-24H,6,14H2. The molecular weight excluding hydrogens is 577 g/mol. The molecule has 0 fully saturated rings. The summed E-state index contributed by atoms with van der Waals surface area (Å²) < 4.78 is 22.5. The van der Waals surface area contributed by atoms with E-state index < -0.39 is 0 Å². The predicted molar refractivity (Wildman–Crippen MR) is 192 cm³/mol. The molecule has 5 heteroatoms. The maximum Gasteiger partial charge on any atom is 0.260 e. The van der Waals surface area contributed by atoms with Gasteiger partial charge in [-0.3, -0.25) is 0 Å². The van der Waals surface area contributed by atoms with E-state index in [1.807, 2.05) is 18.2 Å². The molecule has 0 bridgehead atoms. The third-order valence-corrected chi connectivity index (χ3v) is 10.2. The molecule has 0 spiro atoms. The van der Waals surface area contributed by atoms with Crippen LogP contribution in [-0.4, -0.2) is 11.3 Å². The molecule has 2 aliphatic heterocycles. The number of hydrogen-bond donors (Lipinski definition) is 0. The average Bonchev–Trinajstić information content (AvgIpc) is 3.65. The Morgan fingerprint density at radius 2 is 1.28 bits per heavy atom. The minimum absolute atomic E-state index is 0.0706. The monoisotopic (exact) mass is 603 g/mol. The second kappa shape index (κ2) is 9.30. The fraction of sp³-hybridized carbons (Fsp3) is 0.0476. The molecule has 0 saturated carbocycles. The molecule has 1 aliphatic carbocycles. The van der Waals surface area contributed by atoms with Crippen molar-refractivity contribution < 1.29 is 13.9 Å². The normalized spacial score (nSPS) is 14.6. The van der Waals surface area contributed by atoms with E-state index in [-0.39, 0.29) is 6.71 Å². The Bertz CT molecular complexity index is 2700. The van der Waals surface area contributed by atoms with E-state index in [0.29, 0.717) is 0 Å². The lowest BCUT2D eigenvalue weighted by atomic mass is 9.34. The smallest absolute Gasteiger partial charge is 0.260 e. The maximum absolute atomic E-state index is 6.95. The molecule has 11 rings (SSSR count). The van der Waals surface area contributed by atoms with Crippen LogP contribution < -0.4 is 25.9 Å². The van der Waals surface area contributed by atoms with Crippen LogP contribution in [0, 0.1) is 0 Å². The van der Waals surface area contributed by atoms with Gasteiger partial charge in [0.25, 0.3) is 6.71 Å². The van der Waals surface area contributed by atoms with E-state index >= 15 is 0 Å². The fourth-order valence-electron chi connectivity index (χ4n) is 8.06. The predicted octanol–water partition coefficient (Wildman–Crippen LogP) is 9.28. The van der Waals surface area contributed by atoms with Gasteiger partial charge < -0.3 is 18.5 Å². The van der Waals surface area contributed by atoms with Gasteiger partial charge in [-0.1, -0.05) is 91.0 Å². The second-order valence-corrected chi connectivity index (χ2v) is 12.8. The molecule has 2 aromatic heterocycles. The summed E-state index contributed by atoms with van der Waals surface area (Å²) in [6.07, 6.45) is 8.70. The number of aromatic nitrogens is 1. The van der Waals surface area contributed by atoms with Gasteiger partial charge in [0.2, 0.25) is 0 Å². The number of nitrogens with zero attached hydrogens (tertiary/aromatic N) is 1. The first-order valence-corrected chi connectivity index (χ1v) is 16.3. The van der Waals surface area contributed by atoms with Crippen LogP contribution in [0.3, 0.4) is 0 Å². The topological polar surface area (TPSA) is 36.5 Å². The number of rotatable bonds is 2. The Labute approximate surface area is 270 Å². The van der Waals surface area contributed by atoms with Crippen LogP contribution in [0.1, 0.15) is 12.8 Å². The van der Waals surface area contributed by atoms with Crippen molar-refractivity contribution in [3.8, 4) is 34.1 Å². The van der Waals surface area contributed by atoms with Crippen LogP contribution in [0.5, 0.6) is 23.0 Å². The van der Waals surface area contributed by atoms with Crippen LogP contribution >= 0.6 is 0 Å². The summed E-state index contributed by atoms with van der Waals surface area (Å²) in [5.74, 6) is 3.36. The zero-order valence-electron chi connectivity index (χ0n) is 25.4. The number of para-hydroxylation sites is 2. The van der Waals surface area contributed by atoms with Crippen molar-refractivity contribution in [2.45, 2.75) is 12.8 Å².